The highest BCUT2D eigenvalue weighted by molar-refractivity contribution is 6.30. The molecule has 1 heterocycles. The fraction of sp³-hybridized carbons (Fsp3) is 0.200. The number of halogens is 1. The zero-order chi connectivity index (χ0) is 13.8. The molecule has 0 amide bonds. The van der Waals surface area contributed by atoms with Crippen LogP contribution in [0.3, 0.4) is 0 Å². The number of benzene rings is 1. The summed E-state index contributed by atoms with van der Waals surface area (Å²) in [6, 6.07) is 11.3. The van der Waals surface area contributed by atoms with Crippen LogP contribution in [-0.2, 0) is 16.0 Å². The van der Waals surface area contributed by atoms with Gasteiger partial charge in [-0.3, -0.25) is 9.78 Å². The Morgan fingerprint density at radius 3 is 2.47 bits per heavy atom. The molecular weight excluding hydrogens is 262 g/mol. The summed E-state index contributed by atoms with van der Waals surface area (Å²) in [5, 5.41) is 0.697. The minimum Gasteiger partial charge on any atom is -0.469 e. The molecule has 0 atom stereocenters. The second-order valence-corrected chi connectivity index (χ2v) is 4.64. The zero-order valence-electron chi connectivity index (χ0n) is 10.8. The van der Waals surface area contributed by atoms with Gasteiger partial charge in [-0.1, -0.05) is 29.8 Å². The Bertz CT molecular complexity index is 594. The van der Waals surface area contributed by atoms with Crippen molar-refractivity contribution in [2.45, 2.75) is 13.3 Å². The van der Waals surface area contributed by atoms with Gasteiger partial charge in [0.15, 0.2) is 0 Å². The van der Waals surface area contributed by atoms with Gasteiger partial charge in [-0.25, -0.2) is 0 Å². The van der Waals surface area contributed by atoms with Crippen molar-refractivity contribution < 1.29 is 9.53 Å². The highest BCUT2D eigenvalue weighted by Crippen LogP contribution is 2.21. The van der Waals surface area contributed by atoms with Crippen molar-refractivity contribution >= 4 is 17.6 Å². The number of hydrogen-bond acceptors (Lipinski definition) is 3. The van der Waals surface area contributed by atoms with Gasteiger partial charge in [0.25, 0.3) is 0 Å². The monoisotopic (exact) mass is 275 g/mol. The molecule has 0 saturated carbocycles. The Morgan fingerprint density at radius 2 is 1.89 bits per heavy atom. The number of methoxy groups -OCH3 is 1. The summed E-state index contributed by atoms with van der Waals surface area (Å²) in [4.78, 5) is 15.8. The van der Waals surface area contributed by atoms with E-state index in [0.717, 1.165) is 22.5 Å². The van der Waals surface area contributed by atoms with Gasteiger partial charge in [0.1, 0.15) is 0 Å². The number of carbonyl (C=O) groups is 1. The zero-order valence-corrected chi connectivity index (χ0v) is 11.6. The molecule has 0 unspecified atom stereocenters. The van der Waals surface area contributed by atoms with Crippen LogP contribution in [-0.4, -0.2) is 18.1 Å². The summed E-state index contributed by atoms with van der Waals surface area (Å²) in [6.45, 7) is 1.89. The van der Waals surface area contributed by atoms with Crippen LogP contribution >= 0.6 is 11.6 Å². The number of aryl methyl sites for hydroxylation is 1. The lowest BCUT2D eigenvalue weighted by atomic mass is 10.1. The molecule has 98 valence electrons. The van der Waals surface area contributed by atoms with Gasteiger partial charge < -0.3 is 4.74 Å². The van der Waals surface area contributed by atoms with E-state index in [4.69, 9.17) is 11.6 Å². The summed E-state index contributed by atoms with van der Waals surface area (Å²) < 4.78 is 4.66. The van der Waals surface area contributed by atoms with Crippen LogP contribution in [0.2, 0.25) is 5.02 Å². The molecule has 1 aromatic carbocycles. The summed E-state index contributed by atoms with van der Waals surface area (Å²) >= 11 is 5.86. The largest absolute Gasteiger partial charge is 0.469 e. The number of ether oxygens (including phenoxy) is 1. The number of carbonyl (C=O) groups excluding carboxylic acids is 1. The van der Waals surface area contributed by atoms with Crippen LogP contribution < -0.4 is 0 Å². The van der Waals surface area contributed by atoms with E-state index >= 15 is 0 Å². The molecule has 2 rings (SSSR count). The second-order valence-electron chi connectivity index (χ2n) is 4.20. The van der Waals surface area contributed by atoms with Gasteiger partial charge in [0.2, 0.25) is 0 Å². The van der Waals surface area contributed by atoms with Crippen molar-refractivity contribution in [2.75, 3.05) is 7.11 Å². The van der Waals surface area contributed by atoms with Crippen molar-refractivity contribution in [1.82, 2.24) is 4.98 Å². The Hall–Kier alpha value is -1.87. The molecule has 3 nitrogen and oxygen atoms in total. The molecule has 2 aromatic rings. The Morgan fingerprint density at radius 1 is 1.21 bits per heavy atom. The van der Waals surface area contributed by atoms with Gasteiger partial charge in [0, 0.05) is 16.3 Å². The lowest BCUT2D eigenvalue weighted by Gasteiger charge is -2.07. The predicted molar refractivity (Wildman–Crippen MR) is 75.1 cm³/mol. The number of nitrogens with zero attached hydrogens (tertiary/aromatic N) is 1. The first-order chi connectivity index (χ1) is 9.10. The normalized spacial score (nSPS) is 10.3. The molecule has 0 saturated heterocycles. The smallest absolute Gasteiger partial charge is 0.310 e. The number of pyridine rings is 1. The maximum Gasteiger partial charge on any atom is 0.310 e. The summed E-state index contributed by atoms with van der Waals surface area (Å²) in [5.41, 5.74) is 3.57. The van der Waals surface area contributed by atoms with E-state index in [-0.39, 0.29) is 12.4 Å². The molecule has 0 aliphatic carbocycles. The van der Waals surface area contributed by atoms with Gasteiger partial charge in [0.05, 0.1) is 19.2 Å². The predicted octanol–water partition coefficient (Wildman–Crippen LogP) is 3.43. The third-order valence-corrected chi connectivity index (χ3v) is 3.15. The molecule has 0 bridgehead atoms. The van der Waals surface area contributed by atoms with E-state index in [1.165, 1.54) is 7.11 Å². The molecule has 0 aliphatic heterocycles. The Kier molecular flexibility index (Phi) is 4.17. The van der Waals surface area contributed by atoms with Crippen LogP contribution in [0.4, 0.5) is 0 Å². The maximum absolute atomic E-state index is 11.3. The van der Waals surface area contributed by atoms with E-state index < -0.39 is 0 Å². The van der Waals surface area contributed by atoms with Crippen molar-refractivity contribution in [3.05, 3.63) is 52.7 Å². The number of rotatable bonds is 3. The summed E-state index contributed by atoms with van der Waals surface area (Å²) in [5.74, 6) is -0.260. The SMILES string of the molecule is COC(=O)Cc1ccc(-c2ccc(Cl)cc2)nc1C. The summed E-state index contributed by atoms with van der Waals surface area (Å²) in [7, 11) is 1.38. The van der Waals surface area contributed by atoms with Crippen molar-refractivity contribution in [1.29, 1.82) is 0 Å². The van der Waals surface area contributed by atoms with Gasteiger partial charge in [-0.2, -0.15) is 0 Å². The Labute approximate surface area is 117 Å². The van der Waals surface area contributed by atoms with Crippen molar-refractivity contribution in [2.24, 2.45) is 0 Å². The average Bonchev–Trinajstić information content (AvgIpc) is 2.41. The van der Waals surface area contributed by atoms with Crippen molar-refractivity contribution in [3.8, 4) is 11.3 Å². The fourth-order valence-electron chi connectivity index (χ4n) is 1.79. The standard InChI is InChI=1S/C15H14ClNO2/c1-10-12(9-15(18)19-2)5-8-14(17-10)11-3-6-13(16)7-4-11/h3-8H,9H2,1-2H3. The second kappa shape index (κ2) is 5.85. The summed E-state index contributed by atoms with van der Waals surface area (Å²) in [6.07, 6.45) is 0.246. The highest BCUT2D eigenvalue weighted by atomic mass is 35.5. The highest BCUT2D eigenvalue weighted by Gasteiger charge is 2.08. The molecular formula is C15H14ClNO2. The molecule has 19 heavy (non-hydrogen) atoms. The van der Waals surface area contributed by atoms with Gasteiger partial charge in [-0.15, -0.1) is 0 Å². The third-order valence-electron chi connectivity index (χ3n) is 2.90. The first kappa shape index (κ1) is 13.6. The lowest BCUT2D eigenvalue weighted by Crippen LogP contribution is -2.06. The molecule has 0 aliphatic rings. The molecule has 0 N–H and O–H groups in total. The van der Waals surface area contributed by atoms with Gasteiger partial charge >= 0.3 is 5.97 Å². The molecule has 0 fully saturated rings. The van der Waals surface area contributed by atoms with Crippen LogP contribution in [0.25, 0.3) is 11.3 Å². The first-order valence-electron chi connectivity index (χ1n) is 5.89. The van der Waals surface area contributed by atoms with Crippen LogP contribution in [0.1, 0.15) is 11.3 Å². The van der Waals surface area contributed by atoms with Crippen molar-refractivity contribution in [3.63, 3.8) is 0 Å². The molecule has 1 aromatic heterocycles. The average molecular weight is 276 g/mol. The van der Waals surface area contributed by atoms with Crippen LogP contribution in [0.5, 0.6) is 0 Å². The van der Waals surface area contributed by atoms with E-state index in [0.29, 0.717) is 5.02 Å². The number of hydrogen-bond donors (Lipinski definition) is 0. The molecule has 4 heteroatoms. The maximum atomic E-state index is 11.3. The number of aromatic nitrogens is 1. The first-order valence-corrected chi connectivity index (χ1v) is 6.27. The third kappa shape index (κ3) is 3.32. The lowest BCUT2D eigenvalue weighted by molar-refractivity contribution is -0.139. The van der Waals surface area contributed by atoms with E-state index in [1.807, 2.05) is 43.3 Å². The van der Waals surface area contributed by atoms with E-state index in [9.17, 15) is 4.79 Å². The minimum atomic E-state index is -0.260. The molecule has 0 spiro atoms. The van der Waals surface area contributed by atoms with E-state index in [1.54, 1.807) is 0 Å². The van der Waals surface area contributed by atoms with E-state index in [2.05, 4.69) is 9.72 Å². The van der Waals surface area contributed by atoms with Crippen LogP contribution in [0.15, 0.2) is 36.4 Å². The van der Waals surface area contributed by atoms with Gasteiger partial charge in [-0.05, 0) is 30.7 Å². The number of esters is 1. The van der Waals surface area contributed by atoms with Crippen LogP contribution in [0, 0.1) is 6.92 Å². The fourth-order valence-corrected chi connectivity index (χ4v) is 1.91. The topological polar surface area (TPSA) is 39.2 Å². The molecule has 0 radical (unpaired) electrons. The Balaban J connectivity index is 2.28. The quantitative estimate of drug-likeness (QED) is 0.806. The minimum absolute atomic E-state index is 0.246.